The second-order valence-corrected chi connectivity index (χ2v) is 4.82. The Hall–Kier alpha value is -1.41. The van der Waals surface area contributed by atoms with E-state index in [4.69, 9.17) is 0 Å². The number of rotatable bonds is 4. The maximum atomic E-state index is 11.8. The zero-order valence-corrected chi connectivity index (χ0v) is 9.98. The van der Waals surface area contributed by atoms with Gasteiger partial charge in [0.15, 0.2) is 5.03 Å². The van der Waals surface area contributed by atoms with Crippen LogP contribution in [0.4, 0.5) is 0 Å². The van der Waals surface area contributed by atoms with E-state index >= 15 is 0 Å². The van der Waals surface area contributed by atoms with Crippen molar-refractivity contribution in [2.75, 3.05) is 7.11 Å². The predicted molar refractivity (Wildman–Crippen MR) is 55.0 cm³/mol. The molecule has 1 atom stereocenters. The molecule has 1 rings (SSSR count). The van der Waals surface area contributed by atoms with Crippen molar-refractivity contribution in [3.8, 4) is 0 Å². The summed E-state index contributed by atoms with van der Waals surface area (Å²) in [5.74, 6) is -0.647. The highest BCUT2D eigenvalue weighted by molar-refractivity contribution is 7.89. The molecule has 0 aromatic carbocycles. The van der Waals surface area contributed by atoms with Crippen molar-refractivity contribution in [2.24, 2.45) is 7.05 Å². The van der Waals surface area contributed by atoms with Crippen molar-refractivity contribution < 1.29 is 17.9 Å². The molecule has 1 N–H and O–H groups in total. The number of hydrogen-bond acceptors (Lipinski definition) is 5. The number of ether oxygens (including phenoxy) is 1. The molecule has 7 nitrogen and oxygen atoms in total. The first kappa shape index (κ1) is 12.7. The molecule has 0 spiro atoms. The third-order valence-electron chi connectivity index (χ3n) is 1.94. The summed E-state index contributed by atoms with van der Waals surface area (Å²) in [7, 11) is -1.06. The van der Waals surface area contributed by atoms with Gasteiger partial charge in [0.1, 0.15) is 6.04 Å². The van der Waals surface area contributed by atoms with E-state index in [9.17, 15) is 13.2 Å². The molecular formula is C8H13N3O4S. The van der Waals surface area contributed by atoms with Crippen LogP contribution >= 0.6 is 0 Å². The van der Waals surface area contributed by atoms with Crippen LogP contribution in [0.1, 0.15) is 6.92 Å². The summed E-state index contributed by atoms with van der Waals surface area (Å²) >= 11 is 0. The normalized spacial score (nSPS) is 13.4. The lowest BCUT2D eigenvalue weighted by Crippen LogP contribution is -2.39. The monoisotopic (exact) mass is 247 g/mol. The maximum Gasteiger partial charge on any atom is 0.323 e. The van der Waals surface area contributed by atoms with E-state index in [1.54, 1.807) is 0 Å². The molecule has 0 saturated heterocycles. The van der Waals surface area contributed by atoms with E-state index in [-0.39, 0.29) is 5.03 Å². The van der Waals surface area contributed by atoms with E-state index in [0.29, 0.717) is 0 Å². The van der Waals surface area contributed by atoms with Crippen LogP contribution in [0.2, 0.25) is 0 Å². The molecule has 0 amide bonds. The number of nitrogens with zero attached hydrogens (tertiary/aromatic N) is 2. The van der Waals surface area contributed by atoms with Gasteiger partial charge in [-0.05, 0) is 13.0 Å². The Kier molecular flexibility index (Phi) is 3.66. The van der Waals surface area contributed by atoms with E-state index in [2.05, 4.69) is 14.6 Å². The van der Waals surface area contributed by atoms with Gasteiger partial charge in [0, 0.05) is 7.05 Å². The van der Waals surface area contributed by atoms with Crippen LogP contribution in [0, 0.1) is 0 Å². The first-order valence-corrected chi connectivity index (χ1v) is 5.95. The van der Waals surface area contributed by atoms with Crippen molar-refractivity contribution in [3.63, 3.8) is 0 Å². The van der Waals surface area contributed by atoms with Crippen LogP contribution in [-0.2, 0) is 26.6 Å². The third-order valence-corrected chi connectivity index (χ3v) is 3.55. The topological polar surface area (TPSA) is 90.3 Å². The average molecular weight is 247 g/mol. The van der Waals surface area contributed by atoms with E-state index in [1.165, 1.54) is 38.0 Å². The molecule has 0 fully saturated rings. The summed E-state index contributed by atoms with van der Waals surface area (Å²) in [4.78, 5) is 11.1. The summed E-state index contributed by atoms with van der Waals surface area (Å²) in [6.07, 6.45) is 1.36. The summed E-state index contributed by atoms with van der Waals surface area (Å²) in [6.45, 7) is 1.40. The molecule has 90 valence electrons. The summed E-state index contributed by atoms with van der Waals surface area (Å²) in [5, 5.41) is 3.73. The molecule has 8 heteroatoms. The molecule has 1 aromatic rings. The Balaban J connectivity index is 2.89. The van der Waals surface area contributed by atoms with Gasteiger partial charge in [-0.25, -0.2) is 8.42 Å². The Labute approximate surface area is 93.4 Å². The number of aryl methyl sites for hydroxylation is 1. The number of sulfonamides is 1. The number of methoxy groups -OCH3 is 1. The molecular weight excluding hydrogens is 234 g/mol. The van der Waals surface area contributed by atoms with Gasteiger partial charge >= 0.3 is 5.97 Å². The van der Waals surface area contributed by atoms with E-state index in [1.807, 2.05) is 0 Å². The Morgan fingerprint density at radius 1 is 1.62 bits per heavy atom. The number of esters is 1. The summed E-state index contributed by atoms with van der Waals surface area (Å²) in [5.41, 5.74) is 0. The molecule has 0 saturated carbocycles. The lowest BCUT2D eigenvalue weighted by Gasteiger charge is -2.11. The molecule has 0 aliphatic carbocycles. The third kappa shape index (κ3) is 2.58. The van der Waals surface area contributed by atoms with Gasteiger partial charge in [0.2, 0.25) is 0 Å². The molecule has 0 radical (unpaired) electrons. The highest BCUT2D eigenvalue weighted by atomic mass is 32.2. The molecule has 0 aliphatic rings. The van der Waals surface area contributed by atoms with Crippen LogP contribution in [0.15, 0.2) is 17.3 Å². The van der Waals surface area contributed by atoms with Crippen molar-refractivity contribution in [2.45, 2.75) is 18.0 Å². The Bertz CT molecular complexity index is 479. The van der Waals surface area contributed by atoms with Gasteiger partial charge in [-0.1, -0.05) is 0 Å². The van der Waals surface area contributed by atoms with Crippen molar-refractivity contribution in [3.05, 3.63) is 12.3 Å². The fourth-order valence-electron chi connectivity index (χ4n) is 1.14. The molecule has 1 heterocycles. The first-order valence-electron chi connectivity index (χ1n) is 4.46. The quantitative estimate of drug-likeness (QED) is 0.708. The molecule has 1 unspecified atom stereocenters. The van der Waals surface area contributed by atoms with Crippen molar-refractivity contribution in [1.29, 1.82) is 0 Å². The van der Waals surface area contributed by atoms with Gasteiger partial charge in [-0.15, -0.1) is 0 Å². The van der Waals surface area contributed by atoms with Gasteiger partial charge < -0.3 is 4.74 Å². The maximum absolute atomic E-state index is 11.8. The lowest BCUT2D eigenvalue weighted by atomic mass is 10.4. The van der Waals surface area contributed by atoms with Crippen molar-refractivity contribution >= 4 is 16.0 Å². The van der Waals surface area contributed by atoms with Gasteiger partial charge in [0.25, 0.3) is 10.0 Å². The van der Waals surface area contributed by atoms with Crippen LogP contribution in [-0.4, -0.2) is 37.3 Å². The number of carbonyl (C=O) groups excluding carboxylic acids is 1. The fourth-order valence-corrected chi connectivity index (χ4v) is 2.46. The van der Waals surface area contributed by atoms with Crippen molar-refractivity contribution in [1.82, 2.24) is 14.5 Å². The number of aromatic nitrogens is 2. The predicted octanol–water partition coefficient (Wildman–Crippen LogP) is -0.740. The highest BCUT2D eigenvalue weighted by Gasteiger charge is 2.24. The zero-order valence-electron chi connectivity index (χ0n) is 9.17. The number of hydrogen-bond donors (Lipinski definition) is 1. The van der Waals surface area contributed by atoms with Gasteiger partial charge in [-0.2, -0.15) is 9.82 Å². The molecule has 0 aliphatic heterocycles. The molecule has 16 heavy (non-hydrogen) atoms. The summed E-state index contributed by atoms with van der Waals surface area (Å²) in [6, 6.07) is 0.400. The molecule has 0 bridgehead atoms. The van der Waals surface area contributed by atoms with E-state index < -0.39 is 22.0 Å². The number of carbonyl (C=O) groups is 1. The minimum atomic E-state index is -3.75. The average Bonchev–Trinajstić information content (AvgIpc) is 2.63. The standard InChI is InChI=1S/C8H13N3O4S/c1-6(8(12)15-3)10-16(13,14)7-4-5-9-11(7)2/h4-6,10H,1-3H3. The second-order valence-electron chi connectivity index (χ2n) is 3.16. The minimum Gasteiger partial charge on any atom is -0.468 e. The van der Waals surface area contributed by atoms with Gasteiger partial charge in [-0.3, -0.25) is 9.48 Å². The SMILES string of the molecule is COC(=O)C(C)NS(=O)(=O)c1ccnn1C. The lowest BCUT2D eigenvalue weighted by molar-refractivity contribution is -0.142. The Morgan fingerprint density at radius 3 is 2.69 bits per heavy atom. The molecule has 1 aromatic heterocycles. The fraction of sp³-hybridized carbons (Fsp3) is 0.500. The highest BCUT2D eigenvalue weighted by Crippen LogP contribution is 2.06. The largest absolute Gasteiger partial charge is 0.468 e. The zero-order chi connectivity index (χ0) is 12.3. The van der Waals surface area contributed by atoms with Gasteiger partial charge in [0.05, 0.1) is 13.3 Å². The van der Waals surface area contributed by atoms with Crippen LogP contribution < -0.4 is 4.72 Å². The smallest absolute Gasteiger partial charge is 0.323 e. The second kappa shape index (κ2) is 4.62. The van der Waals surface area contributed by atoms with E-state index in [0.717, 1.165) is 0 Å². The van der Waals surface area contributed by atoms with Crippen LogP contribution in [0.3, 0.4) is 0 Å². The van der Waals surface area contributed by atoms with Crippen LogP contribution in [0.25, 0.3) is 0 Å². The minimum absolute atomic E-state index is 0.0109. The summed E-state index contributed by atoms with van der Waals surface area (Å²) < 4.78 is 31.3. The Morgan fingerprint density at radius 2 is 2.25 bits per heavy atom. The number of nitrogens with one attached hydrogen (secondary N) is 1. The van der Waals surface area contributed by atoms with Crippen LogP contribution in [0.5, 0.6) is 0 Å². The first-order chi connectivity index (χ1) is 7.38.